The van der Waals surface area contributed by atoms with Crippen molar-refractivity contribution in [3.63, 3.8) is 0 Å². The molecule has 1 N–H and O–H groups in total. The lowest BCUT2D eigenvalue weighted by atomic mass is 10.0. The second-order valence-electron chi connectivity index (χ2n) is 12.2. The molecule has 1 atom stereocenters. The Morgan fingerprint density at radius 2 is 1.53 bits per heavy atom. The molecule has 49 heavy (non-hydrogen) atoms. The third-order valence-electron chi connectivity index (χ3n) is 8.81. The molecule has 258 valence electrons. The zero-order chi connectivity index (χ0) is 35.0. The molecule has 1 aliphatic rings. The van der Waals surface area contributed by atoms with Gasteiger partial charge in [-0.3, -0.25) is 13.9 Å². The zero-order valence-electron chi connectivity index (χ0n) is 28.0. The number of hydrogen-bond acceptors (Lipinski definition) is 6. The number of halogens is 1. The molecule has 0 spiro atoms. The summed E-state index contributed by atoms with van der Waals surface area (Å²) in [7, 11) is -1.35. The number of benzene rings is 4. The largest absolute Gasteiger partial charge is 0.493 e. The van der Waals surface area contributed by atoms with Gasteiger partial charge in [0.2, 0.25) is 11.8 Å². The topological polar surface area (TPSA) is 105 Å². The molecule has 4 aromatic rings. The summed E-state index contributed by atoms with van der Waals surface area (Å²) < 4.78 is 40.7. The second kappa shape index (κ2) is 16.2. The van der Waals surface area contributed by atoms with E-state index in [1.807, 2.05) is 43.3 Å². The maximum atomic E-state index is 14.8. The predicted octanol–water partition coefficient (Wildman–Crippen LogP) is 6.56. The van der Waals surface area contributed by atoms with Crippen LogP contribution in [0.5, 0.6) is 11.5 Å². The van der Waals surface area contributed by atoms with Crippen molar-refractivity contribution in [2.24, 2.45) is 0 Å². The van der Waals surface area contributed by atoms with Gasteiger partial charge in [0, 0.05) is 30.1 Å². The van der Waals surface area contributed by atoms with Crippen LogP contribution in [0.25, 0.3) is 0 Å². The van der Waals surface area contributed by atoms with E-state index >= 15 is 0 Å². The Morgan fingerprint density at radius 1 is 0.878 bits per heavy atom. The van der Waals surface area contributed by atoms with Crippen molar-refractivity contribution in [1.29, 1.82) is 0 Å². The van der Waals surface area contributed by atoms with Crippen LogP contribution in [0.15, 0.2) is 102 Å². The predicted molar refractivity (Wildman–Crippen MR) is 192 cm³/mol. The summed E-state index contributed by atoms with van der Waals surface area (Å²) in [6.45, 7) is 1.25. The maximum absolute atomic E-state index is 14.8. The molecule has 1 aliphatic carbocycles. The van der Waals surface area contributed by atoms with Crippen molar-refractivity contribution in [2.75, 3.05) is 25.1 Å². The van der Waals surface area contributed by atoms with Crippen molar-refractivity contribution in [2.45, 2.75) is 62.6 Å². The molecular formula is C38H42ClN3O6S. The number of rotatable bonds is 14. The van der Waals surface area contributed by atoms with Gasteiger partial charge >= 0.3 is 0 Å². The first-order valence-corrected chi connectivity index (χ1v) is 18.1. The van der Waals surface area contributed by atoms with E-state index in [4.69, 9.17) is 21.1 Å². The van der Waals surface area contributed by atoms with Gasteiger partial charge in [-0.1, -0.05) is 90.7 Å². The fraction of sp³-hybridized carbons (Fsp3) is 0.316. The molecule has 0 aromatic heterocycles. The van der Waals surface area contributed by atoms with Gasteiger partial charge in [0.25, 0.3) is 10.0 Å². The molecule has 0 aliphatic heterocycles. The van der Waals surface area contributed by atoms with Crippen LogP contribution in [0.1, 0.15) is 42.4 Å². The number of nitrogens with zero attached hydrogens (tertiary/aromatic N) is 2. The maximum Gasteiger partial charge on any atom is 0.264 e. The summed E-state index contributed by atoms with van der Waals surface area (Å²) in [6.07, 6.45) is 3.99. The summed E-state index contributed by atoms with van der Waals surface area (Å²) >= 11 is 6.61. The van der Waals surface area contributed by atoms with Crippen LogP contribution in [0, 0.1) is 6.92 Å². The van der Waals surface area contributed by atoms with E-state index in [0.29, 0.717) is 22.1 Å². The SMILES string of the molecule is COc1ccc(N(CC(=O)N(Cc2ccccc2Cl)C(Cc2ccccc2)C(=O)NC2CCCC2)S(=O)(=O)c2ccc(C)cc2)cc1OC. The second-order valence-corrected chi connectivity index (χ2v) is 14.4. The van der Waals surface area contributed by atoms with E-state index in [-0.39, 0.29) is 35.5 Å². The lowest BCUT2D eigenvalue weighted by Crippen LogP contribution is -2.54. The van der Waals surface area contributed by atoms with Gasteiger partial charge in [-0.15, -0.1) is 0 Å². The van der Waals surface area contributed by atoms with E-state index < -0.39 is 28.5 Å². The number of anilines is 1. The van der Waals surface area contributed by atoms with Crippen LogP contribution in [-0.2, 0) is 32.6 Å². The fourth-order valence-electron chi connectivity index (χ4n) is 6.08. The molecule has 2 amide bonds. The minimum atomic E-state index is -4.29. The fourth-order valence-corrected chi connectivity index (χ4v) is 7.68. The Bertz CT molecular complexity index is 1850. The van der Waals surface area contributed by atoms with Gasteiger partial charge in [-0.05, 0) is 61.2 Å². The Kier molecular flexibility index (Phi) is 11.9. The van der Waals surface area contributed by atoms with Crippen LogP contribution >= 0.6 is 11.6 Å². The number of aryl methyl sites for hydroxylation is 1. The zero-order valence-corrected chi connectivity index (χ0v) is 29.5. The highest BCUT2D eigenvalue weighted by Crippen LogP contribution is 2.34. The van der Waals surface area contributed by atoms with Gasteiger partial charge in [-0.2, -0.15) is 0 Å². The number of amides is 2. The molecule has 0 bridgehead atoms. The van der Waals surface area contributed by atoms with E-state index in [2.05, 4.69) is 5.32 Å². The molecule has 0 heterocycles. The van der Waals surface area contributed by atoms with Crippen LogP contribution in [0.3, 0.4) is 0 Å². The summed E-state index contributed by atoms with van der Waals surface area (Å²) in [5.41, 5.74) is 2.56. The van der Waals surface area contributed by atoms with Crippen molar-refractivity contribution < 1.29 is 27.5 Å². The highest BCUT2D eigenvalue weighted by molar-refractivity contribution is 7.92. The average Bonchev–Trinajstić information content (AvgIpc) is 3.62. The third-order valence-corrected chi connectivity index (χ3v) is 11.0. The van der Waals surface area contributed by atoms with Crippen LogP contribution in [0.4, 0.5) is 5.69 Å². The first kappa shape index (κ1) is 35.8. The molecule has 1 saturated carbocycles. The highest BCUT2D eigenvalue weighted by atomic mass is 35.5. The first-order valence-electron chi connectivity index (χ1n) is 16.3. The van der Waals surface area contributed by atoms with Crippen LogP contribution in [-0.4, -0.2) is 58.0 Å². The Morgan fingerprint density at radius 3 is 2.18 bits per heavy atom. The van der Waals surface area contributed by atoms with Gasteiger partial charge < -0.3 is 19.7 Å². The smallest absolute Gasteiger partial charge is 0.264 e. The number of carbonyl (C=O) groups excluding carboxylic acids is 2. The molecular weight excluding hydrogens is 662 g/mol. The number of nitrogens with one attached hydrogen (secondary N) is 1. The minimum Gasteiger partial charge on any atom is -0.493 e. The van der Waals surface area contributed by atoms with Crippen LogP contribution < -0.4 is 19.1 Å². The number of ether oxygens (including phenoxy) is 2. The molecule has 11 heteroatoms. The third kappa shape index (κ3) is 8.74. The van der Waals surface area contributed by atoms with Crippen molar-refractivity contribution in [1.82, 2.24) is 10.2 Å². The van der Waals surface area contributed by atoms with E-state index in [0.717, 1.165) is 41.1 Å². The van der Waals surface area contributed by atoms with Gasteiger partial charge in [0.15, 0.2) is 11.5 Å². The van der Waals surface area contributed by atoms with Crippen molar-refractivity contribution in [3.05, 3.63) is 119 Å². The normalized spacial score (nSPS) is 13.8. The van der Waals surface area contributed by atoms with E-state index in [1.165, 1.54) is 37.3 Å². The summed E-state index contributed by atoms with van der Waals surface area (Å²) in [4.78, 5) is 30.4. The Balaban J connectivity index is 1.60. The van der Waals surface area contributed by atoms with Crippen molar-refractivity contribution >= 4 is 39.1 Å². The van der Waals surface area contributed by atoms with Crippen LogP contribution in [0.2, 0.25) is 5.02 Å². The van der Waals surface area contributed by atoms with E-state index in [9.17, 15) is 18.0 Å². The summed E-state index contributed by atoms with van der Waals surface area (Å²) in [5.74, 6) is -0.178. The average molecular weight is 704 g/mol. The minimum absolute atomic E-state index is 0.00761. The van der Waals surface area contributed by atoms with E-state index in [1.54, 1.807) is 42.5 Å². The lowest BCUT2D eigenvalue weighted by molar-refractivity contribution is -0.140. The number of methoxy groups -OCH3 is 2. The monoisotopic (exact) mass is 703 g/mol. The van der Waals surface area contributed by atoms with Gasteiger partial charge in [0.1, 0.15) is 12.6 Å². The molecule has 4 aromatic carbocycles. The number of sulfonamides is 1. The van der Waals surface area contributed by atoms with Crippen molar-refractivity contribution in [3.8, 4) is 11.5 Å². The number of carbonyl (C=O) groups is 2. The van der Waals surface area contributed by atoms with Gasteiger partial charge in [-0.25, -0.2) is 8.42 Å². The number of hydrogen-bond donors (Lipinski definition) is 1. The molecule has 0 radical (unpaired) electrons. The Hall–Kier alpha value is -4.54. The quantitative estimate of drug-likeness (QED) is 0.160. The summed E-state index contributed by atoms with van der Waals surface area (Å²) in [5, 5.41) is 3.61. The molecule has 0 saturated heterocycles. The molecule has 9 nitrogen and oxygen atoms in total. The highest BCUT2D eigenvalue weighted by Gasteiger charge is 2.36. The summed E-state index contributed by atoms with van der Waals surface area (Å²) in [6, 6.07) is 26.7. The molecule has 1 fully saturated rings. The lowest BCUT2D eigenvalue weighted by Gasteiger charge is -2.34. The molecule has 1 unspecified atom stereocenters. The van der Waals surface area contributed by atoms with Gasteiger partial charge in [0.05, 0.1) is 24.8 Å². The first-order chi connectivity index (χ1) is 23.6. The molecule has 5 rings (SSSR count). The Labute approximate surface area is 293 Å². The standard InChI is InChI=1S/C38H42ClN3O6S/c1-27-17-20-32(21-18-27)49(45,46)42(31-19-22-35(47-2)36(24-31)48-3)26-37(43)41(25-29-13-7-10-16-33(29)39)34(23-28-11-5-4-6-12-28)38(44)40-30-14-8-9-15-30/h4-7,10-13,16-22,24,30,34H,8-9,14-15,23,25-26H2,1-3H3,(H,40,44).